The molecule has 1 aliphatic rings. The number of hydrogen-bond donors (Lipinski definition) is 0. The summed E-state index contributed by atoms with van der Waals surface area (Å²) in [6.07, 6.45) is 1.86. The van der Waals surface area contributed by atoms with Crippen molar-refractivity contribution in [3.8, 4) is 0 Å². The van der Waals surface area contributed by atoms with Gasteiger partial charge < -0.3 is 0 Å². The number of hydrogen-bond acceptors (Lipinski definition) is 6. The molecule has 1 aromatic carbocycles. The number of nitro groups is 1. The molecule has 1 saturated heterocycles. The molecule has 0 radical (unpaired) electrons. The Kier molecular flexibility index (Phi) is 5.23. The number of nitro benzene ring substituents is 1. The van der Waals surface area contributed by atoms with Crippen molar-refractivity contribution in [2.75, 3.05) is 26.2 Å². The maximum atomic E-state index is 11.1. The molecule has 2 aromatic rings. The fourth-order valence-electron chi connectivity index (χ4n) is 3.11. The minimum absolute atomic E-state index is 0.212. The van der Waals surface area contributed by atoms with Gasteiger partial charge >= 0.3 is 0 Å². The Morgan fingerprint density at radius 3 is 2.71 bits per heavy atom. The average Bonchev–Trinajstić information content (AvgIpc) is 3.11. The highest BCUT2D eigenvalue weighted by molar-refractivity contribution is 7.09. The van der Waals surface area contributed by atoms with Crippen LogP contribution < -0.4 is 0 Å². The first kappa shape index (κ1) is 17.0. The third kappa shape index (κ3) is 3.80. The van der Waals surface area contributed by atoms with Crippen LogP contribution in [0.5, 0.6) is 0 Å². The molecule has 1 aliphatic heterocycles. The molecule has 0 bridgehead atoms. The summed E-state index contributed by atoms with van der Waals surface area (Å²) in [5.41, 5.74) is 1.93. The van der Waals surface area contributed by atoms with Gasteiger partial charge in [0.2, 0.25) is 0 Å². The van der Waals surface area contributed by atoms with Crippen LogP contribution in [-0.2, 0) is 6.54 Å². The lowest BCUT2D eigenvalue weighted by atomic mass is 10.1. The van der Waals surface area contributed by atoms with Gasteiger partial charge in [-0.3, -0.25) is 19.9 Å². The van der Waals surface area contributed by atoms with E-state index in [9.17, 15) is 10.1 Å². The third-order valence-corrected chi connectivity index (χ3v) is 5.59. The van der Waals surface area contributed by atoms with Gasteiger partial charge in [-0.25, -0.2) is 4.98 Å². The van der Waals surface area contributed by atoms with Crippen molar-refractivity contribution in [3.05, 3.63) is 56.0 Å². The first-order valence-corrected chi connectivity index (χ1v) is 9.02. The van der Waals surface area contributed by atoms with Crippen LogP contribution >= 0.6 is 11.3 Å². The SMILES string of the molecule is Cc1ccc(CN2CCN([C@@H](C)c3nccs3)CC2)cc1[N+](=O)[O-]. The maximum Gasteiger partial charge on any atom is 0.272 e. The number of piperazine rings is 1. The Balaban J connectivity index is 1.58. The van der Waals surface area contributed by atoms with E-state index in [1.807, 2.05) is 23.7 Å². The minimum atomic E-state index is -0.299. The lowest BCUT2D eigenvalue weighted by Crippen LogP contribution is -2.46. The molecule has 3 rings (SSSR count). The van der Waals surface area contributed by atoms with Crippen molar-refractivity contribution in [2.45, 2.75) is 26.4 Å². The van der Waals surface area contributed by atoms with Crippen molar-refractivity contribution in [1.82, 2.24) is 14.8 Å². The molecule has 7 heteroatoms. The molecular formula is C17H22N4O2S. The van der Waals surface area contributed by atoms with Gasteiger partial charge in [0.25, 0.3) is 5.69 Å². The predicted molar refractivity (Wildman–Crippen MR) is 95.2 cm³/mol. The molecule has 128 valence electrons. The minimum Gasteiger partial charge on any atom is -0.297 e. The highest BCUT2D eigenvalue weighted by Crippen LogP contribution is 2.24. The fourth-order valence-corrected chi connectivity index (χ4v) is 3.84. The molecule has 1 aromatic heterocycles. The molecule has 6 nitrogen and oxygen atoms in total. The van der Waals surface area contributed by atoms with Crippen LogP contribution in [0.15, 0.2) is 29.8 Å². The highest BCUT2D eigenvalue weighted by atomic mass is 32.1. The van der Waals surface area contributed by atoms with Crippen molar-refractivity contribution >= 4 is 17.0 Å². The Morgan fingerprint density at radius 2 is 2.08 bits per heavy atom. The largest absolute Gasteiger partial charge is 0.297 e. The molecular weight excluding hydrogens is 324 g/mol. The molecule has 0 saturated carbocycles. The van der Waals surface area contributed by atoms with Crippen LogP contribution in [0, 0.1) is 17.0 Å². The van der Waals surface area contributed by atoms with Gasteiger partial charge in [-0.15, -0.1) is 11.3 Å². The second kappa shape index (κ2) is 7.38. The zero-order valence-corrected chi connectivity index (χ0v) is 14.8. The first-order chi connectivity index (χ1) is 11.5. The zero-order chi connectivity index (χ0) is 17.1. The van der Waals surface area contributed by atoms with Gasteiger partial charge in [0, 0.05) is 55.9 Å². The standard InChI is InChI=1S/C17H22N4O2S/c1-13-3-4-15(11-16(13)21(22)23)12-19-6-8-20(9-7-19)14(2)17-18-5-10-24-17/h3-5,10-11,14H,6-9,12H2,1-2H3/t14-/m0/s1. The number of rotatable bonds is 5. The first-order valence-electron chi connectivity index (χ1n) is 8.14. The Morgan fingerprint density at radius 1 is 1.33 bits per heavy atom. The fraction of sp³-hybridized carbons (Fsp3) is 0.471. The lowest BCUT2D eigenvalue weighted by molar-refractivity contribution is -0.385. The van der Waals surface area contributed by atoms with Gasteiger partial charge in [0.1, 0.15) is 5.01 Å². The predicted octanol–water partition coefficient (Wildman–Crippen LogP) is 3.24. The smallest absolute Gasteiger partial charge is 0.272 e. The molecule has 0 amide bonds. The zero-order valence-electron chi connectivity index (χ0n) is 14.0. The van der Waals surface area contributed by atoms with Gasteiger partial charge in [0.05, 0.1) is 11.0 Å². The summed E-state index contributed by atoms with van der Waals surface area (Å²) in [5.74, 6) is 0. The maximum absolute atomic E-state index is 11.1. The Bertz CT molecular complexity index is 697. The van der Waals surface area contributed by atoms with E-state index in [-0.39, 0.29) is 10.6 Å². The van der Waals surface area contributed by atoms with E-state index in [2.05, 4.69) is 21.7 Å². The molecule has 0 N–H and O–H groups in total. The van der Waals surface area contributed by atoms with E-state index >= 15 is 0 Å². The third-order valence-electron chi connectivity index (χ3n) is 4.64. The van der Waals surface area contributed by atoms with Gasteiger partial charge in [-0.2, -0.15) is 0 Å². The summed E-state index contributed by atoms with van der Waals surface area (Å²) in [4.78, 5) is 20.0. The number of nitrogens with zero attached hydrogens (tertiary/aromatic N) is 4. The van der Waals surface area contributed by atoms with Crippen LogP contribution in [0.1, 0.15) is 29.1 Å². The van der Waals surface area contributed by atoms with E-state index in [4.69, 9.17) is 0 Å². The topological polar surface area (TPSA) is 62.5 Å². The molecule has 1 fully saturated rings. The molecule has 24 heavy (non-hydrogen) atoms. The second-order valence-corrected chi connectivity index (χ2v) is 7.16. The van der Waals surface area contributed by atoms with E-state index in [1.165, 1.54) is 0 Å². The summed E-state index contributed by atoms with van der Waals surface area (Å²) >= 11 is 1.70. The van der Waals surface area contributed by atoms with Crippen LogP contribution in [0.2, 0.25) is 0 Å². The average molecular weight is 346 g/mol. The molecule has 0 spiro atoms. The normalized spacial score (nSPS) is 17.8. The van der Waals surface area contributed by atoms with Crippen molar-refractivity contribution < 1.29 is 4.92 Å². The monoisotopic (exact) mass is 346 g/mol. The number of aromatic nitrogens is 1. The van der Waals surface area contributed by atoms with Crippen LogP contribution in [-0.4, -0.2) is 45.9 Å². The van der Waals surface area contributed by atoms with Crippen LogP contribution in [0.4, 0.5) is 5.69 Å². The van der Waals surface area contributed by atoms with Crippen molar-refractivity contribution in [1.29, 1.82) is 0 Å². The molecule has 2 heterocycles. The highest BCUT2D eigenvalue weighted by Gasteiger charge is 2.23. The van der Waals surface area contributed by atoms with Gasteiger partial charge in [-0.1, -0.05) is 12.1 Å². The molecule has 0 unspecified atom stereocenters. The number of thiazole rings is 1. The van der Waals surface area contributed by atoms with E-state index in [0.717, 1.165) is 43.3 Å². The molecule has 1 atom stereocenters. The molecule has 0 aliphatic carbocycles. The lowest BCUT2D eigenvalue weighted by Gasteiger charge is -2.37. The van der Waals surface area contributed by atoms with E-state index < -0.39 is 0 Å². The summed E-state index contributed by atoms with van der Waals surface area (Å²) in [6, 6.07) is 5.90. The number of aryl methyl sites for hydroxylation is 1. The van der Waals surface area contributed by atoms with Crippen molar-refractivity contribution in [3.63, 3.8) is 0 Å². The van der Waals surface area contributed by atoms with Gasteiger partial charge in [0.15, 0.2) is 0 Å². The second-order valence-electron chi connectivity index (χ2n) is 6.24. The van der Waals surface area contributed by atoms with Crippen molar-refractivity contribution in [2.24, 2.45) is 0 Å². The quantitative estimate of drug-likeness (QED) is 0.614. The summed E-state index contributed by atoms with van der Waals surface area (Å²) in [5, 5.41) is 14.3. The Labute approximate surface area is 145 Å². The number of benzene rings is 1. The summed E-state index contributed by atoms with van der Waals surface area (Å²) in [6.45, 7) is 8.68. The van der Waals surface area contributed by atoms with E-state index in [0.29, 0.717) is 11.6 Å². The summed E-state index contributed by atoms with van der Waals surface area (Å²) in [7, 11) is 0. The van der Waals surface area contributed by atoms with Crippen LogP contribution in [0.3, 0.4) is 0 Å². The van der Waals surface area contributed by atoms with Crippen LogP contribution in [0.25, 0.3) is 0 Å². The van der Waals surface area contributed by atoms with Gasteiger partial charge in [-0.05, 0) is 19.4 Å². The Hall–Kier alpha value is -1.83. The van der Waals surface area contributed by atoms with E-state index in [1.54, 1.807) is 24.3 Å². The summed E-state index contributed by atoms with van der Waals surface area (Å²) < 4.78 is 0.